The normalized spacial score (nSPS) is 14.3. The zero-order chi connectivity index (χ0) is 15.6. The maximum Gasteiger partial charge on any atom is 0.220 e. The second-order valence-corrected chi connectivity index (χ2v) is 6.73. The zero-order valence-corrected chi connectivity index (χ0v) is 13.1. The summed E-state index contributed by atoms with van der Waals surface area (Å²) < 4.78 is 1.78. The summed E-state index contributed by atoms with van der Waals surface area (Å²) in [6.45, 7) is 9.99. The third kappa shape index (κ3) is 3.79. The van der Waals surface area contributed by atoms with Crippen molar-refractivity contribution >= 4 is 5.91 Å². The quantitative estimate of drug-likeness (QED) is 0.785. The average molecular weight is 282 g/mol. The summed E-state index contributed by atoms with van der Waals surface area (Å²) in [4.78, 5) is 11.2. The van der Waals surface area contributed by atoms with E-state index < -0.39 is 0 Å². The topological polar surface area (TPSA) is 94.0 Å². The Morgan fingerprint density at radius 3 is 2.55 bits per heavy atom. The fourth-order valence-corrected chi connectivity index (χ4v) is 2.22. The number of amides is 1. The first kappa shape index (κ1) is 16.6. The molecule has 0 saturated heterocycles. The molecule has 0 aliphatic carbocycles. The molecule has 0 bridgehead atoms. The van der Waals surface area contributed by atoms with E-state index in [-0.39, 0.29) is 29.4 Å². The van der Waals surface area contributed by atoms with Crippen molar-refractivity contribution in [3.05, 3.63) is 11.9 Å². The van der Waals surface area contributed by atoms with Crippen molar-refractivity contribution in [2.45, 2.75) is 58.4 Å². The van der Waals surface area contributed by atoms with Gasteiger partial charge in [-0.3, -0.25) is 4.79 Å². The monoisotopic (exact) mass is 282 g/mol. The molecule has 6 heteroatoms. The highest BCUT2D eigenvalue weighted by molar-refractivity contribution is 5.76. The maximum absolute atomic E-state index is 11.2. The summed E-state index contributed by atoms with van der Waals surface area (Å²) in [6, 6.07) is 0. The summed E-state index contributed by atoms with van der Waals surface area (Å²) in [5, 5.41) is 17.5. The Labute approximate surface area is 120 Å². The van der Waals surface area contributed by atoms with E-state index in [4.69, 9.17) is 10.8 Å². The Morgan fingerprint density at radius 2 is 2.05 bits per heavy atom. The molecule has 20 heavy (non-hydrogen) atoms. The number of rotatable bonds is 7. The van der Waals surface area contributed by atoms with Gasteiger partial charge in [0.25, 0.3) is 0 Å². The van der Waals surface area contributed by atoms with E-state index in [2.05, 4.69) is 10.3 Å². The van der Waals surface area contributed by atoms with Gasteiger partial charge in [-0.25, -0.2) is 4.68 Å². The zero-order valence-electron chi connectivity index (χ0n) is 13.1. The molecule has 6 nitrogen and oxygen atoms in total. The third-order valence-electron chi connectivity index (χ3n) is 3.84. The highest BCUT2D eigenvalue weighted by Gasteiger charge is 2.30. The number of carbonyl (C=O) groups is 1. The molecule has 0 aliphatic heterocycles. The molecule has 1 unspecified atom stereocenters. The minimum absolute atomic E-state index is 0.113. The van der Waals surface area contributed by atoms with E-state index in [1.54, 1.807) is 4.68 Å². The number of aromatic nitrogens is 3. The van der Waals surface area contributed by atoms with Gasteiger partial charge in [-0.1, -0.05) is 26.0 Å². The van der Waals surface area contributed by atoms with Gasteiger partial charge in [-0.05, 0) is 26.7 Å². The molecule has 1 rings (SSSR count). The molecule has 0 fully saturated rings. The van der Waals surface area contributed by atoms with E-state index in [0.717, 1.165) is 5.69 Å². The van der Waals surface area contributed by atoms with Gasteiger partial charge in [0.15, 0.2) is 0 Å². The standard InChI is InChI=1S/C14H26N4O2/c1-10(12(15)20)8-14(4,5)18-9-11(16-17-18)13(2,3)6-7-19/h9-10,19H,6-8H2,1-5H3,(H2,15,20). The molecule has 0 saturated carbocycles. The largest absolute Gasteiger partial charge is 0.396 e. The Kier molecular flexibility index (Phi) is 4.91. The van der Waals surface area contributed by atoms with Crippen molar-refractivity contribution in [1.29, 1.82) is 0 Å². The highest BCUT2D eigenvalue weighted by Crippen LogP contribution is 2.28. The molecule has 1 heterocycles. The van der Waals surface area contributed by atoms with Crippen molar-refractivity contribution in [2.24, 2.45) is 11.7 Å². The van der Waals surface area contributed by atoms with Crippen LogP contribution in [0.5, 0.6) is 0 Å². The fourth-order valence-electron chi connectivity index (χ4n) is 2.22. The molecule has 0 aliphatic rings. The smallest absolute Gasteiger partial charge is 0.220 e. The summed E-state index contributed by atoms with van der Waals surface area (Å²) in [5.41, 5.74) is 5.60. The second kappa shape index (κ2) is 5.91. The molecule has 1 aromatic heterocycles. The van der Waals surface area contributed by atoms with Crippen molar-refractivity contribution in [3.8, 4) is 0 Å². The van der Waals surface area contributed by atoms with Crippen LogP contribution in [-0.4, -0.2) is 32.6 Å². The summed E-state index contributed by atoms with van der Waals surface area (Å²) in [5.74, 6) is -0.526. The van der Waals surface area contributed by atoms with E-state index >= 15 is 0 Å². The average Bonchev–Trinajstić information content (AvgIpc) is 2.78. The van der Waals surface area contributed by atoms with E-state index in [0.29, 0.717) is 12.8 Å². The van der Waals surface area contributed by atoms with Crippen molar-refractivity contribution in [3.63, 3.8) is 0 Å². The molecule has 1 atom stereocenters. The second-order valence-electron chi connectivity index (χ2n) is 6.73. The maximum atomic E-state index is 11.2. The van der Waals surface area contributed by atoms with Crippen LogP contribution in [0.25, 0.3) is 0 Å². The van der Waals surface area contributed by atoms with Crippen LogP contribution in [0.4, 0.5) is 0 Å². The van der Waals surface area contributed by atoms with E-state index in [1.807, 2.05) is 40.8 Å². The number of hydrogen-bond acceptors (Lipinski definition) is 4. The number of nitrogens with zero attached hydrogens (tertiary/aromatic N) is 3. The Bertz CT molecular complexity index is 465. The van der Waals surface area contributed by atoms with Crippen LogP contribution in [0.1, 0.15) is 53.2 Å². The molecular formula is C14H26N4O2. The van der Waals surface area contributed by atoms with Crippen LogP contribution in [0.3, 0.4) is 0 Å². The lowest BCUT2D eigenvalue weighted by molar-refractivity contribution is -0.122. The van der Waals surface area contributed by atoms with Gasteiger partial charge in [0.1, 0.15) is 0 Å². The van der Waals surface area contributed by atoms with E-state index in [1.165, 1.54) is 0 Å². The lowest BCUT2D eigenvalue weighted by Gasteiger charge is -2.27. The van der Waals surface area contributed by atoms with Crippen LogP contribution in [0.2, 0.25) is 0 Å². The number of nitrogens with two attached hydrogens (primary N) is 1. The lowest BCUT2D eigenvalue weighted by Crippen LogP contribution is -2.33. The number of primary amides is 1. The van der Waals surface area contributed by atoms with Gasteiger partial charge >= 0.3 is 0 Å². The minimum Gasteiger partial charge on any atom is -0.396 e. The van der Waals surface area contributed by atoms with Gasteiger partial charge in [0.05, 0.1) is 11.2 Å². The molecule has 0 radical (unpaired) electrons. The van der Waals surface area contributed by atoms with Gasteiger partial charge in [0.2, 0.25) is 5.91 Å². The molecular weight excluding hydrogens is 256 g/mol. The highest BCUT2D eigenvalue weighted by atomic mass is 16.3. The van der Waals surface area contributed by atoms with Gasteiger partial charge in [-0.2, -0.15) is 0 Å². The van der Waals surface area contributed by atoms with Gasteiger partial charge in [0, 0.05) is 24.1 Å². The number of aliphatic hydroxyl groups is 1. The molecule has 1 aromatic rings. The van der Waals surface area contributed by atoms with E-state index in [9.17, 15) is 4.79 Å². The van der Waals surface area contributed by atoms with Crippen LogP contribution in [0, 0.1) is 5.92 Å². The Morgan fingerprint density at radius 1 is 1.45 bits per heavy atom. The predicted molar refractivity (Wildman–Crippen MR) is 77.0 cm³/mol. The molecule has 0 spiro atoms. The first-order valence-electron chi connectivity index (χ1n) is 6.93. The SMILES string of the molecule is CC(CC(C)(C)n1cc(C(C)(C)CCO)nn1)C(N)=O. The number of carbonyl (C=O) groups excluding carboxylic acids is 1. The summed E-state index contributed by atoms with van der Waals surface area (Å²) in [7, 11) is 0. The number of aliphatic hydroxyl groups excluding tert-OH is 1. The third-order valence-corrected chi connectivity index (χ3v) is 3.84. The summed E-state index contributed by atoms with van der Waals surface area (Å²) in [6.07, 6.45) is 3.12. The lowest BCUT2D eigenvalue weighted by atomic mass is 9.86. The van der Waals surface area contributed by atoms with Crippen LogP contribution < -0.4 is 5.73 Å². The number of hydrogen-bond donors (Lipinski definition) is 2. The molecule has 114 valence electrons. The summed E-state index contributed by atoms with van der Waals surface area (Å²) >= 11 is 0. The van der Waals surface area contributed by atoms with Crippen molar-refractivity contribution in [2.75, 3.05) is 6.61 Å². The predicted octanol–water partition coefficient (Wildman–Crippen LogP) is 1.18. The molecule has 3 N–H and O–H groups in total. The van der Waals surface area contributed by atoms with Gasteiger partial charge in [-0.15, -0.1) is 5.10 Å². The van der Waals surface area contributed by atoms with Crippen LogP contribution >= 0.6 is 0 Å². The van der Waals surface area contributed by atoms with Crippen LogP contribution in [-0.2, 0) is 15.7 Å². The van der Waals surface area contributed by atoms with Gasteiger partial charge < -0.3 is 10.8 Å². The van der Waals surface area contributed by atoms with Crippen molar-refractivity contribution in [1.82, 2.24) is 15.0 Å². The molecule has 1 amide bonds. The molecule has 0 aromatic carbocycles. The fraction of sp³-hybridized carbons (Fsp3) is 0.786. The Hall–Kier alpha value is -1.43. The first-order valence-corrected chi connectivity index (χ1v) is 6.93. The Balaban J connectivity index is 2.93. The minimum atomic E-state index is -0.338. The first-order chi connectivity index (χ1) is 9.10. The van der Waals surface area contributed by atoms with Crippen LogP contribution in [0.15, 0.2) is 6.20 Å². The van der Waals surface area contributed by atoms with Crippen molar-refractivity contribution < 1.29 is 9.90 Å².